The molecule has 2 heteroatoms. The summed E-state index contributed by atoms with van der Waals surface area (Å²) in [7, 11) is 0. The summed E-state index contributed by atoms with van der Waals surface area (Å²) in [5.74, 6) is 0. The lowest BCUT2D eigenvalue weighted by atomic mass is 10.0. The number of benzene rings is 1. The van der Waals surface area contributed by atoms with E-state index < -0.39 is 0 Å². The fourth-order valence-corrected chi connectivity index (χ4v) is 1.71. The van der Waals surface area contributed by atoms with Gasteiger partial charge in [-0.2, -0.15) is 0 Å². The van der Waals surface area contributed by atoms with E-state index in [1.54, 1.807) is 0 Å². The monoisotopic (exact) mass is 187 g/mol. The number of aromatic nitrogens is 1. The summed E-state index contributed by atoms with van der Waals surface area (Å²) < 4.78 is 0. The van der Waals surface area contributed by atoms with E-state index in [4.69, 9.17) is 5.11 Å². The fourth-order valence-electron chi connectivity index (χ4n) is 1.71. The van der Waals surface area contributed by atoms with Crippen molar-refractivity contribution < 1.29 is 5.11 Å². The van der Waals surface area contributed by atoms with Crippen LogP contribution in [0.5, 0.6) is 0 Å². The second-order valence-electron chi connectivity index (χ2n) is 3.35. The topological polar surface area (TPSA) is 36.0 Å². The molecular formula is C12H13NO. The van der Waals surface area contributed by atoms with Crippen molar-refractivity contribution >= 4 is 0 Å². The first-order valence-corrected chi connectivity index (χ1v) is 4.66. The molecule has 2 aromatic rings. The van der Waals surface area contributed by atoms with Gasteiger partial charge in [-0.05, 0) is 18.1 Å². The number of rotatable bonds is 2. The predicted octanol–water partition coefficient (Wildman–Crippen LogP) is 2.48. The molecule has 0 atom stereocenters. The standard InChI is InChI=1S/C12H13NO/c1-9-7-13-11(8-14)12(9)10-5-3-2-4-6-10/h2-7,13-14H,8H2,1H3. The highest BCUT2D eigenvalue weighted by molar-refractivity contribution is 5.69. The zero-order valence-corrected chi connectivity index (χ0v) is 8.12. The van der Waals surface area contributed by atoms with Gasteiger partial charge < -0.3 is 10.1 Å². The first kappa shape index (κ1) is 9.03. The number of H-pyrrole nitrogens is 1. The van der Waals surface area contributed by atoms with Crippen molar-refractivity contribution in [1.29, 1.82) is 0 Å². The first-order valence-electron chi connectivity index (χ1n) is 4.66. The molecular weight excluding hydrogens is 174 g/mol. The number of aliphatic hydroxyl groups excluding tert-OH is 1. The lowest BCUT2D eigenvalue weighted by Gasteiger charge is -2.03. The molecule has 0 aliphatic heterocycles. The molecule has 0 amide bonds. The van der Waals surface area contributed by atoms with Crippen LogP contribution >= 0.6 is 0 Å². The lowest BCUT2D eigenvalue weighted by molar-refractivity contribution is 0.278. The van der Waals surface area contributed by atoms with E-state index in [0.29, 0.717) is 0 Å². The molecule has 14 heavy (non-hydrogen) atoms. The summed E-state index contributed by atoms with van der Waals surface area (Å²) in [4.78, 5) is 3.07. The molecule has 0 aliphatic rings. The first-order chi connectivity index (χ1) is 6.83. The second kappa shape index (κ2) is 3.68. The van der Waals surface area contributed by atoms with Crippen molar-refractivity contribution in [2.24, 2.45) is 0 Å². The summed E-state index contributed by atoms with van der Waals surface area (Å²) in [6.07, 6.45) is 1.92. The van der Waals surface area contributed by atoms with Crippen molar-refractivity contribution in [3.63, 3.8) is 0 Å². The zero-order chi connectivity index (χ0) is 9.97. The van der Waals surface area contributed by atoms with Crippen molar-refractivity contribution in [2.45, 2.75) is 13.5 Å². The number of hydrogen-bond donors (Lipinski definition) is 2. The van der Waals surface area contributed by atoms with Crippen LogP contribution in [-0.2, 0) is 6.61 Å². The van der Waals surface area contributed by atoms with E-state index in [0.717, 1.165) is 16.8 Å². The average Bonchev–Trinajstić information content (AvgIpc) is 2.61. The van der Waals surface area contributed by atoms with Crippen LogP contribution in [0, 0.1) is 6.92 Å². The van der Waals surface area contributed by atoms with Crippen LogP contribution in [0.25, 0.3) is 11.1 Å². The van der Waals surface area contributed by atoms with Crippen LogP contribution in [-0.4, -0.2) is 10.1 Å². The van der Waals surface area contributed by atoms with Crippen LogP contribution in [0.1, 0.15) is 11.3 Å². The maximum atomic E-state index is 9.16. The molecule has 0 spiro atoms. The van der Waals surface area contributed by atoms with Gasteiger partial charge in [-0.15, -0.1) is 0 Å². The van der Waals surface area contributed by atoms with E-state index in [2.05, 4.69) is 17.1 Å². The number of aromatic amines is 1. The van der Waals surface area contributed by atoms with Crippen LogP contribution < -0.4 is 0 Å². The van der Waals surface area contributed by atoms with Gasteiger partial charge in [0.2, 0.25) is 0 Å². The minimum absolute atomic E-state index is 0.0536. The Labute approximate surface area is 83.2 Å². The van der Waals surface area contributed by atoms with Crippen LogP contribution in [0.3, 0.4) is 0 Å². The smallest absolute Gasteiger partial charge is 0.0837 e. The largest absolute Gasteiger partial charge is 0.390 e. The molecule has 72 valence electrons. The molecule has 0 aliphatic carbocycles. The van der Waals surface area contributed by atoms with E-state index in [9.17, 15) is 0 Å². The Balaban J connectivity index is 2.55. The summed E-state index contributed by atoms with van der Waals surface area (Å²) in [6.45, 7) is 2.09. The number of aryl methyl sites for hydroxylation is 1. The van der Waals surface area contributed by atoms with Crippen LogP contribution in [0.2, 0.25) is 0 Å². The van der Waals surface area contributed by atoms with E-state index in [1.807, 2.05) is 31.3 Å². The fraction of sp³-hybridized carbons (Fsp3) is 0.167. The van der Waals surface area contributed by atoms with Crippen molar-refractivity contribution in [1.82, 2.24) is 4.98 Å². The Kier molecular flexibility index (Phi) is 2.37. The summed E-state index contributed by atoms with van der Waals surface area (Å²) in [5, 5.41) is 9.16. The van der Waals surface area contributed by atoms with Gasteiger partial charge in [0.05, 0.1) is 6.61 Å². The van der Waals surface area contributed by atoms with Gasteiger partial charge in [-0.25, -0.2) is 0 Å². The molecule has 1 heterocycles. The Hall–Kier alpha value is -1.54. The molecule has 0 fully saturated rings. The van der Waals surface area contributed by atoms with E-state index in [1.165, 1.54) is 5.56 Å². The summed E-state index contributed by atoms with van der Waals surface area (Å²) in [6, 6.07) is 10.1. The molecule has 2 nitrogen and oxygen atoms in total. The quantitative estimate of drug-likeness (QED) is 0.744. The van der Waals surface area contributed by atoms with E-state index in [-0.39, 0.29) is 6.61 Å². The molecule has 2 rings (SSSR count). The molecule has 1 aromatic heterocycles. The van der Waals surface area contributed by atoms with Gasteiger partial charge in [-0.3, -0.25) is 0 Å². The highest BCUT2D eigenvalue weighted by Crippen LogP contribution is 2.26. The van der Waals surface area contributed by atoms with Crippen molar-refractivity contribution in [3.05, 3.63) is 47.8 Å². The molecule has 0 radical (unpaired) electrons. The molecule has 0 saturated heterocycles. The maximum absolute atomic E-state index is 9.16. The van der Waals surface area contributed by atoms with Crippen LogP contribution in [0.4, 0.5) is 0 Å². The van der Waals surface area contributed by atoms with Gasteiger partial charge in [0.1, 0.15) is 0 Å². The third-order valence-electron chi connectivity index (χ3n) is 2.38. The van der Waals surface area contributed by atoms with Crippen molar-refractivity contribution in [2.75, 3.05) is 0 Å². The third kappa shape index (κ3) is 1.44. The van der Waals surface area contributed by atoms with Gasteiger partial charge in [0.15, 0.2) is 0 Å². The Morgan fingerprint density at radius 1 is 1.21 bits per heavy atom. The van der Waals surface area contributed by atoms with Gasteiger partial charge in [-0.1, -0.05) is 30.3 Å². The minimum atomic E-state index is 0.0536. The highest BCUT2D eigenvalue weighted by Gasteiger charge is 2.08. The van der Waals surface area contributed by atoms with Gasteiger partial charge in [0.25, 0.3) is 0 Å². The van der Waals surface area contributed by atoms with Gasteiger partial charge in [0, 0.05) is 17.5 Å². The van der Waals surface area contributed by atoms with E-state index >= 15 is 0 Å². The third-order valence-corrected chi connectivity index (χ3v) is 2.38. The summed E-state index contributed by atoms with van der Waals surface area (Å²) >= 11 is 0. The average molecular weight is 187 g/mol. The minimum Gasteiger partial charge on any atom is -0.390 e. The maximum Gasteiger partial charge on any atom is 0.0837 e. The Bertz CT molecular complexity index is 417. The predicted molar refractivity (Wildman–Crippen MR) is 56.9 cm³/mol. The molecule has 1 aromatic carbocycles. The zero-order valence-electron chi connectivity index (χ0n) is 8.12. The Morgan fingerprint density at radius 3 is 2.57 bits per heavy atom. The van der Waals surface area contributed by atoms with Gasteiger partial charge >= 0.3 is 0 Å². The molecule has 2 N–H and O–H groups in total. The van der Waals surface area contributed by atoms with Crippen molar-refractivity contribution in [3.8, 4) is 11.1 Å². The second-order valence-corrected chi connectivity index (χ2v) is 3.35. The Morgan fingerprint density at radius 2 is 1.93 bits per heavy atom. The number of nitrogens with one attached hydrogen (secondary N) is 1. The molecule has 0 bridgehead atoms. The SMILES string of the molecule is Cc1c[nH]c(CO)c1-c1ccccc1. The number of hydrogen-bond acceptors (Lipinski definition) is 1. The normalized spacial score (nSPS) is 10.4. The number of aliphatic hydroxyl groups is 1. The van der Waals surface area contributed by atoms with Crippen LogP contribution in [0.15, 0.2) is 36.5 Å². The highest BCUT2D eigenvalue weighted by atomic mass is 16.3. The molecule has 0 unspecified atom stereocenters. The lowest BCUT2D eigenvalue weighted by Crippen LogP contribution is -1.87. The molecule has 0 saturated carbocycles. The summed E-state index contributed by atoms with van der Waals surface area (Å²) in [5.41, 5.74) is 4.32.